The number of furan rings is 1. The van der Waals surface area contributed by atoms with E-state index in [0.717, 1.165) is 25.3 Å². The molecule has 1 aromatic carbocycles. The number of guanidine groups is 1. The Morgan fingerprint density at radius 3 is 2.81 bits per heavy atom. The van der Waals surface area contributed by atoms with Crippen LogP contribution in [-0.4, -0.2) is 44.6 Å². The van der Waals surface area contributed by atoms with Gasteiger partial charge < -0.3 is 25.3 Å². The van der Waals surface area contributed by atoms with Crippen molar-refractivity contribution in [2.24, 2.45) is 4.99 Å². The SMILES string of the molecule is CN=C(NCC(=O)NCc1ccco1)NC1CCN(c2ccccc2)C1. The minimum atomic E-state index is -0.110. The van der Waals surface area contributed by atoms with Crippen LogP contribution in [0.2, 0.25) is 0 Å². The number of nitrogens with zero attached hydrogens (tertiary/aromatic N) is 2. The summed E-state index contributed by atoms with van der Waals surface area (Å²) in [4.78, 5) is 18.5. The minimum Gasteiger partial charge on any atom is -0.467 e. The Labute approximate surface area is 153 Å². The lowest BCUT2D eigenvalue weighted by atomic mass is 10.3. The number of carbonyl (C=O) groups excluding carboxylic acids is 1. The number of hydrogen-bond donors (Lipinski definition) is 3. The summed E-state index contributed by atoms with van der Waals surface area (Å²) in [6.45, 7) is 2.46. The van der Waals surface area contributed by atoms with Gasteiger partial charge in [-0.25, -0.2) is 0 Å². The molecule has 1 aromatic heterocycles. The van der Waals surface area contributed by atoms with E-state index < -0.39 is 0 Å². The zero-order valence-corrected chi connectivity index (χ0v) is 14.9. The first-order valence-electron chi connectivity index (χ1n) is 8.81. The summed E-state index contributed by atoms with van der Waals surface area (Å²) >= 11 is 0. The summed E-state index contributed by atoms with van der Waals surface area (Å²) in [6.07, 6.45) is 2.62. The van der Waals surface area contributed by atoms with Gasteiger partial charge in [0.25, 0.3) is 0 Å². The molecule has 1 atom stereocenters. The summed E-state index contributed by atoms with van der Waals surface area (Å²) < 4.78 is 5.19. The third-order valence-corrected chi connectivity index (χ3v) is 4.33. The van der Waals surface area contributed by atoms with Crippen LogP contribution in [0.3, 0.4) is 0 Å². The molecule has 1 aliphatic rings. The van der Waals surface area contributed by atoms with Gasteiger partial charge in [-0.15, -0.1) is 0 Å². The number of hydrogen-bond acceptors (Lipinski definition) is 4. The second-order valence-corrected chi connectivity index (χ2v) is 6.19. The van der Waals surface area contributed by atoms with Gasteiger partial charge in [-0.3, -0.25) is 9.79 Å². The summed E-state index contributed by atoms with van der Waals surface area (Å²) in [5.74, 6) is 1.26. The number of aliphatic imine (C=N–C) groups is 1. The number of carbonyl (C=O) groups is 1. The van der Waals surface area contributed by atoms with Crippen molar-refractivity contribution in [1.29, 1.82) is 0 Å². The van der Waals surface area contributed by atoms with Gasteiger partial charge in [0.05, 0.1) is 19.4 Å². The monoisotopic (exact) mass is 355 g/mol. The van der Waals surface area contributed by atoms with Crippen LogP contribution in [0.4, 0.5) is 5.69 Å². The van der Waals surface area contributed by atoms with Crippen molar-refractivity contribution in [3.63, 3.8) is 0 Å². The highest BCUT2D eigenvalue weighted by atomic mass is 16.3. The Bertz CT molecular complexity index is 715. The maximum absolute atomic E-state index is 11.9. The van der Waals surface area contributed by atoms with Gasteiger partial charge in [-0.05, 0) is 30.7 Å². The highest BCUT2D eigenvalue weighted by Gasteiger charge is 2.23. The summed E-state index contributed by atoms with van der Waals surface area (Å²) in [7, 11) is 1.71. The van der Waals surface area contributed by atoms with Crippen molar-refractivity contribution in [2.75, 3.05) is 31.6 Å². The minimum absolute atomic E-state index is 0.110. The van der Waals surface area contributed by atoms with Crippen LogP contribution < -0.4 is 20.9 Å². The average molecular weight is 355 g/mol. The molecule has 1 aliphatic heterocycles. The van der Waals surface area contributed by atoms with E-state index in [0.29, 0.717) is 18.5 Å². The third-order valence-electron chi connectivity index (χ3n) is 4.33. The van der Waals surface area contributed by atoms with Crippen molar-refractivity contribution in [1.82, 2.24) is 16.0 Å². The quantitative estimate of drug-likeness (QED) is 0.538. The van der Waals surface area contributed by atoms with Crippen LogP contribution in [0.1, 0.15) is 12.2 Å². The lowest BCUT2D eigenvalue weighted by Crippen LogP contribution is -2.47. The number of nitrogens with one attached hydrogen (secondary N) is 3. The summed E-state index contributed by atoms with van der Waals surface area (Å²) in [6, 6.07) is 14.3. The number of benzene rings is 1. The normalized spacial score (nSPS) is 17.2. The van der Waals surface area contributed by atoms with Gasteiger partial charge in [0.15, 0.2) is 5.96 Å². The average Bonchev–Trinajstić information content (AvgIpc) is 3.36. The topological polar surface area (TPSA) is 81.9 Å². The molecule has 7 nitrogen and oxygen atoms in total. The molecule has 1 amide bonds. The molecule has 26 heavy (non-hydrogen) atoms. The molecule has 0 radical (unpaired) electrons. The van der Waals surface area contributed by atoms with E-state index >= 15 is 0 Å². The molecule has 0 bridgehead atoms. The second-order valence-electron chi connectivity index (χ2n) is 6.19. The predicted molar refractivity (Wildman–Crippen MR) is 102 cm³/mol. The molecular formula is C19H25N5O2. The first kappa shape index (κ1) is 17.8. The van der Waals surface area contributed by atoms with E-state index in [4.69, 9.17) is 4.42 Å². The predicted octanol–water partition coefficient (Wildman–Crippen LogP) is 1.34. The molecule has 3 N–H and O–H groups in total. The lowest BCUT2D eigenvalue weighted by Gasteiger charge is -2.20. The van der Waals surface area contributed by atoms with Crippen molar-refractivity contribution < 1.29 is 9.21 Å². The van der Waals surface area contributed by atoms with E-state index in [2.05, 4.69) is 50.1 Å². The Balaban J connectivity index is 1.40. The maximum atomic E-state index is 11.9. The number of para-hydroxylation sites is 1. The van der Waals surface area contributed by atoms with Crippen LogP contribution in [0.25, 0.3) is 0 Å². The Morgan fingerprint density at radius 1 is 1.23 bits per heavy atom. The van der Waals surface area contributed by atoms with Gasteiger partial charge >= 0.3 is 0 Å². The Morgan fingerprint density at radius 2 is 2.08 bits per heavy atom. The zero-order chi connectivity index (χ0) is 18.2. The van der Waals surface area contributed by atoms with Crippen molar-refractivity contribution in [2.45, 2.75) is 19.0 Å². The fourth-order valence-electron chi connectivity index (χ4n) is 2.96. The fraction of sp³-hybridized carbons (Fsp3) is 0.368. The van der Waals surface area contributed by atoms with Crippen LogP contribution >= 0.6 is 0 Å². The van der Waals surface area contributed by atoms with E-state index in [1.807, 2.05) is 12.1 Å². The smallest absolute Gasteiger partial charge is 0.239 e. The molecule has 1 fully saturated rings. The second kappa shape index (κ2) is 8.94. The van der Waals surface area contributed by atoms with E-state index in [1.165, 1.54) is 5.69 Å². The highest BCUT2D eigenvalue weighted by Crippen LogP contribution is 2.19. The largest absolute Gasteiger partial charge is 0.467 e. The van der Waals surface area contributed by atoms with Crippen LogP contribution in [-0.2, 0) is 11.3 Å². The van der Waals surface area contributed by atoms with E-state index in [1.54, 1.807) is 19.4 Å². The van der Waals surface area contributed by atoms with Crippen molar-refractivity contribution >= 4 is 17.6 Å². The summed E-state index contributed by atoms with van der Waals surface area (Å²) in [5, 5.41) is 9.25. The Hall–Kier alpha value is -2.96. The molecule has 7 heteroatoms. The molecule has 0 aliphatic carbocycles. The molecule has 0 spiro atoms. The first-order valence-corrected chi connectivity index (χ1v) is 8.81. The zero-order valence-electron chi connectivity index (χ0n) is 14.9. The Kier molecular flexibility index (Phi) is 6.14. The molecule has 2 heterocycles. The van der Waals surface area contributed by atoms with Gasteiger partial charge in [-0.1, -0.05) is 18.2 Å². The number of anilines is 1. The van der Waals surface area contributed by atoms with Crippen LogP contribution in [0.5, 0.6) is 0 Å². The molecule has 1 unspecified atom stereocenters. The highest BCUT2D eigenvalue weighted by molar-refractivity contribution is 5.86. The molecule has 1 saturated heterocycles. The van der Waals surface area contributed by atoms with Gasteiger partial charge in [0.1, 0.15) is 5.76 Å². The first-order chi connectivity index (χ1) is 12.7. The van der Waals surface area contributed by atoms with Crippen LogP contribution in [0, 0.1) is 0 Å². The van der Waals surface area contributed by atoms with Crippen LogP contribution in [0.15, 0.2) is 58.1 Å². The molecular weight excluding hydrogens is 330 g/mol. The lowest BCUT2D eigenvalue weighted by molar-refractivity contribution is -0.120. The number of amides is 1. The van der Waals surface area contributed by atoms with Gasteiger partial charge in [0, 0.05) is 31.9 Å². The van der Waals surface area contributed by atoms with E-state index in [-0.39, 0.29) is 12.5 Å². The van der Waals surface area contributed by atoms with Crippen molar-refractivity contribution in [3.05, 3.63) is 54.5 Å². The third kappa shape index (κ3) is 5.02. The fourth-order valence-corrected chi connectivity index (χ4v) is 2.96. The van der Waals surface area contributed by atoms with E-state index in [9.17, 15) is 4.79 Å². The standard InChI is InChI=1S/C19H25N5O2/c1-20-19(22-13-18(25)21-12-17-8-5-11-26-17)23-15-9-10-24(14-15)16-6-3-2-4-7-16/h2-8,11,15H,9-10,12-14H2,1H3,(H,21,25)(H2,20,22,23). The molecule has 3 rings (SSSR count). The molecule has 0 saturated carbocycles. The maximum Gasteiger partial charge on any atom is 0.239 e. The van der Waals surface area contributed by atoms with Crippen molar-refractivity contribution in [3.8, 4) is 0 Å². The van der Waals surface area contributed by atoms with Gasteiger partial charge in [-0.2, -0.15) is 0 Å². The molecule has 138 valence electrons. The molecule has 2 aromatic rings. The summed E-state index contributed by atoms with van der Waals surface area (Å²) in [5.41, 5.74) is 1.23. The number of rotatable bonds is 6. The van der Waals surface area contributed by atoms with Gasteiger partial charge in [0.2, 0.25) is 5.91 Å².